The van der Waals surface area contributed by atoms with Crippen molar-refractivity contribution in [2.45, 2.75) is 518 Å². The Morgan fingerprint density at radius 1 is 0.111 bits per heavy atom. The fourth-order valence-corrected chi connectivity index (χ4v) is 20.0. The van der Waals surface area contributed by atoms with Crippen LogP contribution in [0.3, 0.4) is 0 Å². The molecule has 0 aliphatic heterocycles. The molecule has 4 aromatic heterocycles. The average Bonchev–Trinajstić information content (AvgIpc) is 1.49. The van der Waals surface area contributed by atoms with E-state index in [2.05, 4.69) is 55.4 Å². The second kappa shape index (κ2) is 51.7. The first-order chi connectivity index (χ1) is 53.5. The van der Waals surface area contributed by atoms with Gasteiger partial charge in [-0.1, -0.05) is 415 Å². The molecule has 4 heterocycles. The van der Waals surface area contributed by atoms with Crippen LogP contribution in [0.5, 0.6) is 0 Å². The highest BCUT2D eigenvalue weighted by Gasteiger charge is 2.37. The molecular weight excluding hydrogens is 1310 g/mol. The highest BCUT2D eigenvalue weighted by Crippen LogP contribution is 2.58. The van der Waals surface area contributed by atoms with Gasteiger partial charge in [-0.3, -0.25) is 0 Å². The average molecular weight is 1480 g/mol. The third-order valence-electron chi connectivity index (χ3n) is 26.5. The molecule has 0 spiro atoms. The van der Waals surface area contributed by atoms with Gasteiger partial charge in [-0.05, 0) is 103 Å². The van der Waals surface area contributed by atoms with Crippen LogP contribution in [-0.4, -0.2) is 0 Å². The highest BCUT2D eigenvalue weighted by molar-refractivity contribution is 6.45. The van der Waals surface area contributed by atoms with Crippen molar-refractivity contribution in [1.82, 2.24) is 0 Å². The van der Waals surface area contributed by atoms with Crippen molar-refractivity contribution in [2.75, 3.05) is 0 Å². The first kappa shape index (κ1) is 88.0. The molecule has 0 saturated carbocycles. The monoisotopic (exact) mass is 1480 g/mol. The van der Waals surface area contributed by atoms with E-state index in [1.54, 1.807) is 0 Å². The zero-order valence-electron chi connectivity index (χ0n) is 72.5. The topological polar surface area (TPSA) is 52.6 Å². The molecule has 0 aliphatic carbocycles. The van der Waals surface area contributed by atoms with Crippen LogP contribution in [-0.2, 0) is 51.4 Å². The molecule has 0 fully saturated rings. The summed E-state index contributed by atoms with van der Waals surface area (Å²) in [4.78, 5) is 0. The van der Waals surface area contributed by atoms with E-state index in [9.17, 15) is 0 Å². The third-order valence-corrected chi connectivity index (χ3v) is 26.5. The summed E-state index contributed by atoms with van der Waals surface area (Å²) in [6.07, 6.45) is 92.9. The standard InChI is InChI=1S/C104H168O4/c1-9-17-25-33-41-49-57-65-73-81-82(74-66-58-50-42-34-26-18-10-2)98-90-89-91-93-95-96-94-92(90)100(106-98)85(77-69-61-53-45-37-29-21-13-5)86(78-70-62-54-46-38-30-22-14-6)102(94)108-104(96)88(80-72-64-56-48-40-32-24-16-8)87(79-71-63-55-47-39-31-23-15-7)103(95)107-101(93)84(76-68-60-52-44-36-28-20-12-4)83(99(91)105-97(81)89)75-67-59-51-43-35-27-19-11-3/h9-80H2,1-8H3. The van der Waals surface area contributed by atoms with E-state index in [1.165, 1.54) is 543 Å². The molecule has 0 amide bonds. The zero-order chi connectivity index (χ0) is 75.6. The molecule has 0 radical (unpaired) electrons. The fraction of sp³-hybridized carbons (Fsp3) is 0.769. The first-order valence-electron chi connectivity index (χ1n) is 49.1. The van der Waals surface area contributed by atoms with Gasteiger partial charge in [0.25, 0.3) is 0 Å². The maximum absolute atomic E-state index is 8.38. The number of benzene rings is 4. The quantitative estimate of drug-likeness (QED) is 0.0357. The fourth-order valence-electron chi connectivity index (χ4n) is 20.0. The summed E-state index contributed by atoms with van der Waals surface area (Å²) < 4.78 is 33.5. The van der Waals surface area contributed by atoms with E-state index in [-0.39, 0.29) is 0 Å². The largest absolute Gasteiger partial charge is 0.455 e. The molecule has 0 atom stereocenters. The summed E-state index contributed by atoms with van der Waals surface area (Å²) in [6, 6.07) is 0. The van der Waals surface area contributed by atoms with E-state index >= 15 is 0 Å². The summed E-state index contributed by atoms with van der Waals surface area (Å²) in [5.74, 6) is 0. The Bertz CT molecular complexity index is 2990. The summed E-state index contributed by atoms with van der Waals surface area (Å²) in [7, 11) is 0. The SMILES string of the molecule is CCCCCCCCCCc1c(CCCCCCCCCC)c2oc3c(CCCCCCCCCC)c(CCCCCCCCCC)c4oc5c(CCCCCCCCCC)c(CCCCCCCCCC)c6oc7c(CCCCCCCCCC)c(CCCCCCCCCC)c8oc1c1c8c7c6c5c4c3c21. The molecule has 9 rings (SSSR count). The molecule has 5 aromatic carbocycles. The van der Waals surface area contributed by atoms with Crippen molar-refractivity contribution in [2.24, 2.45) is 0 Å². The van der Waals surface area contributed by atoms with E-state index < -0.39 is 0 Å². The predicted octanol–water partition coefficient (Wildman–Crippen LogP) is 37.1. The van der Waals surface area contributed by atoms with Crippen LogP contribution in [0.2, 0.25) is 0 Å². The van der Waals surface area contributed by atoms with E-state index in [0.29, 0.717) is 0 Å². The lowest BCUT2D eigenvalue weighted by Gasteiger charge is -2.15. The van der Waals surface area contributed by atoms with Gasteiger partial charge in [-0.2, -0.15) is 0 Å². The number of rotatable bonds is 72. The van der Waals surface area contributed by atoms with Crippen LogP contribution in [0.15, 0.2) is 17.7 Å². The lowest BCUT2D eigenvalue weighted by atomic mass is 9.84. The summed E-state index contributed by atoms with van der Waals surface area (Å²) in [6.45, 7) is 18.9. The van der Waals surface area contributed by atoms with Crippen LogP contribution in [0.1, 0.15) is 511 Å². The lowest BCUT2D eigenvalue weighted by Crippen LogP contribution is -2.00. The minimum absolute atomic E-state index is 1.05. The number of furan rings is 4. The van der Waals surface area contributed by atoms with Crippen molar-refractivity contribution in [3.05, 3.63) is 44.5 Å². The van der Waals surface area contributed by atoms with Crippen molar-refractivity contribution in [3.63, 3.8) is 0 Å². The van der Waals surface area contributed by atoms with Crippen molar-refractivity contribution >= 4 is 87.8 Å². The molecule has 0 unspecified atom stereocenters. The van der Waals surface area contributed by atoms with Gasteiger partial charge in [0.1, 0.15) is 44.7 Å². The Balaban J connectivity index is 1.37. The molecule has 0 N–H and O–H groups in total. The Morgan fingerprint density at radius 2 is 0.194 bits per heavy atom. The van der Waals surface area contributed by atoms with Gasteiger partial charge in [-0.15, -0.1) is 0 Å². The van der Waals surface area contributed by atoms with Gasteiger partial charge in [0.15, 0.2) is 0 Å². The normalized spacial score (nSPS) is 12.5. The van der Waals surface area contributed by atoms with Gasteiger partial charge in [0.2, 0.25) is 0 Å². The Kier molecular flexibility index (Phi) is 42.2. The number of aryl methyl sites for hydroxylation is 8. The Labute approximate surface area is 663 Å². The molecule has 4 heteroatoms. The maximum atomic E-state index is 8.38. The van der Waals surface area contributed by atoms with E-state index in [4.69, 9.17) is 17.7 Å². The van der Waals surface area contributed by atoms with E-state index in [0.717, 1.165) is 51.4 Å². The molecule has 9 aromatic rings. The second-order valence-corrected chi connectivity index (χ2v) is 35.7. The Morgan fingerprint density at radius 3 is 0.287 bits per heavy atom. The molecule has 0 aliphatic rings. The summed E-state index contributed by atoms with van der Waals surface area (Å²) in [5.41, 5.74) is 21.6. The van der Waals surface area contributed by atoms with Gasteiger partial charge in [0.05, 0.1) is 0 Å². The van der Waals surface area contributed by atoms with E-state index in [1.807, 2.05) is 0 Å². The van der Waals surface area contributed by atoms with Gasteiger partial charge >= 0.3 is 0 Å². The smallest absolute Gasteiger partial charge is 0.139 e. The third kappa shape index (κ3) is 25.0. The molecule has 4 nitrogen and oxygen atoms in total. The van der Waals surface area contributed by atoms with Crippen molar-refractivity contribution < 1.29 is 17.7 Å². The lowest BCUT2D eigenvalue weighted by molar-refractivity contribution is 0.563. The highest BCUT2D eigenvalue weighted by atomic mass is 16.4. The molecule has 0 bridgehead atoms. The van der Waals surface area contributed by atoms with Crippen LogP contribution in [0, 0.1) is 0 Å². The van der Waals surface area contributed by atoms with Crippen LogP contribution in [0.25, 0.3) is 87.8 Å². The maximum Gasteiger partial charge on any atom is 0.139 e. The van der Waals surface area contributed by atoms with Crippen LogP contribution >= 0.6 is 0 Å². The van der Waals surface area contributed by atoms with Crippen LogP contribution < -0.4 is 0 Å². The van der Waals surface area contributed by atoms with Gasteiger partial charge in [-0.25, -0.2) is 0 Å². The van der Waals surface area contributed by atoms with Crippen LogP contribution in [0.4, 0.5) is 0 Å². The Hall–Kier alpha value is -3.92. The molecule has 108 heavy (non-hydrogen) atoms. The minimum Gasteiger partial charge on any atom is -0.455 e. The summed E-state index contributed by atoms with van der Waals surface area (Å²) in [5, 5.41) is 11.0. The number of hydrogen-bond donors (Lipinski definition) is 0. The predicted molar refractivity (Wildman–Crippen MR) is 480 cm³/mol. The van der Waals surface area contributed by atoms with Crippen molar-refractivity contribution in [3.8, 4) is 0 Å². The van der Waals surface area contributed by atoms with Gasteiger partial charge in [0, 0.05) is 87.6 Å². The first-order valence-corrected chi connectivity index (χ1v) is 49.1. The second-order valence-electron chi connectivity index (χ2n) is 35.7. The molecular formula is C104H168O4. The summed E-state index contributed by atoms with van der Waals surface area (Å²) >= 11 is 0. The molecule has 608 valence electrons. The zero-order valence-corrected chi connectivity index (χ0v) is 72.5. The number of hydrogen-bond acceptors (Lipinski definition) is 4. The number of unbranched alkanes of at least 4 members (excludes halogenated alkanes) is 56. The molecule has 0 saturated heterocycles. The van der Waals surface area contributed by atoms with Gasteiger partial charge < -0.3 is 17.7 Å². The minimum atomic E-state index is 1.05. The van der Waals surface area contributed by atoms with Crippen molar-refractivity contribution in [1.29, 1.82) is 0 Å².